The predicted octanol–water partition coefficient (Wildman–Crippen LogP) is 1.28. The highest BCUT2D eigenvalue weighted by Gasteiger charge is 2.51. The van der Waals surface area contributed by atoms with E-state index < -0.39 is 0 Å². The number of fused-ring (bicyclic) bond motifs is 1. The van der Waals surface area contributed by atoms with Gasteiger partial charge in [-0.2, -0.15) is 0 Å². The van der Waals surface area contributed by atoms with Gasteiger partial charge in [-0.3, -0.25) is 9.80 Å². The van der Waals surface area contributed by atoms with Crippen LogP contribution in [0.3, 0.4) is 0 Å². The number of piperidine rings is 1. The van der Waals surface area contributed by atoms with Crippen LogP contribution in [-0.2, 0) is 0 Å². The second-order valence-electron chi connectivity index (χ2n) is 6.42. The van der Waals surface area contributed by atoms with Gasteiger partial charge < -0.3 is 5.73 Å². The molecular formula is C14H27N3. The van der Waals surface area contributed by atoms with Crippen molar-refractivity contribution in [1.82, 2.24) is 9.80 Å². The lowest BCUT2D eigenvalue weighted by Crippen LogP contribution is -2.61. The molecule has 0 bridgehead atoms. The van der Waals surface area contributed by atoms with Gasteiger partial charge >= 0.3 is 0 Å². The van der Waals surface area contributed by atoms with E-state index in [1.807, 2.05) is 0 Å². The smallest absolute Gasteiger partial charge is 0.0498 e. The van der Waals surface area contributed by atoms with Gasteiger partial charge in [0.05, 0.1) is 0 Å². The van der Waals surface area contributed by atoms with Gasteiger partial charge in [-0.15, -0.1) is 0 Å². The third kappa shape index (κ3) is 1.83. The molecule has 0 spiro atoms. The van der Waals surface area contributed by atoms with Crippen molar-refractivity contribution < 1.29 is 0 Å². The zero-order valence-electron chi connectivity index (χ0n) is 11.2. The van der Waals surface area contributed by atoms with Gasteiger partial charge in [0.2, 0.25) is 0 Å². The van der Waals surface area contributed by atoms with Crippen molar-refractivity contribution in [3.8, 4) is 0 Å². The molecule has 0 saturated carbocycles. The molecule has 3 aliphatic rings. The molecule has 98 valence electrons. The average Bonchev–Trinajstić information content (AvgIpc) is 2.92. The lowest BCUT2D eigenvalue weighted by Gasteiger charge is -2.47. The van der Waals surface area contributed by atoms with Crippen LogP contribution in [0.1, 0.15) is 39.0 Å². The fraction of sp³-hybridized carbons (Fsp3) is 1.00. The molecule has 0 aromatic heterocycles. The summed E-state index contributed by atoms with van der Waals surface area (Å²) in [6.45, 7) is 8.42. The zero-order chi connectivity index (χ0) is 11.9. The minimum Gasteiger partial charge on any atom is -0.329 e. The lowest BCUT2D eigenvalue weighted by molar-refractivity contribution is 0.0363. The Morgan fingerprint density at radius 2 is 1.88 bits per heavy atom. The predicted molar refractivity (Wildman–Crippen MR) is 71.0 cm³/mol. The molecule has 3 rings (SSSR count). The summed E-state index contributed by atoms with van der Waals surface area (Å²) in [5, 5.41) is 0. The topological polar surface area (TPSA) is 32.5 Å². The summed E-state index contributed by atoms with van der Waals surface area (Å²) >= 11 is 0. The molecule has 0 aromatic carbocycles. The van der Waals surface area contributed by atoms with E-state index in [0.29, 0.717) is 5.54 Å². The average molecular weight is 237 g/mol. The quantitative estimate of drug-likeness (QED) is 0.785. The van der Waals surface area contributed by atoms with Crippen LogP contribution in [0.2, 0.25) is 0 Å². The van der Waals surface area contributed by atoms with Gasteiger partial charge in [0, 0.05) is 24.7 Å². The summed E-state index contributed by atoms with van der Waals surface area (Å²) in [6, 6.07) is 0.765. The Bertz CT molecular complexity index is 273. The highest BCUT2D eigenvalue weighted by atomic mass is 15.3. The highest BCUT2D eigenvalue weighted by Crippen LogP contribution is 2.41. The Kier molecular flexibility index (Phi) is 3.18. The van der Waals surface area contributed by atoms with Gasteiger partial charge in [0.25, 0.3) is 0 Å². The van der Waals surface area contributed by atoms with Gasteiger partial charge in [0.15, 0.2) is 0 Å². The number of hydrogen-bond donors (Lipinski definition) is 1. The van der Waals surface area contributed by atoms with Crippen molar-refractivity contribution in [3.05, 3.63) is 0 Å². The Labute approximate surface area is 105 Å². The molecule has 3 aliphatic heterocycles. The molecule has 0 amide bonds. The number of hydrogen-bond acceptors (Lipinski definition) is 3. The molecular weight excluding hydrogens is 210 g/mol. The monoisotopic (exact) mass is 237 g/mol. The summed E-state index contributed by atoms with van der Waals surface area (Å²) in [5.41, 5.74) is 6.55. The van der Waals surface area contributed by atoms with Crippen LogP contribution in [-0.4, -0.2) is 54.1 Å². The van der Waals surface area contributed by atoms with E-state index >= 15 is 0 Å². The molecule has 2 unspecified atom stereocenters. The van der Waals surface area contributed by atoms with Gasteiger partial charge in [-0.25, -0.2) is 0 Å². The maximum Gasteiger partial charge on any atom is 0.0498 e. The number of rotatable bonds is 2. The van der Waals surface area contributed by atoms with Crippen LogP contribution in [0, 0.1) is 5.92 Å². The molecule has 0 aliphatic carbocycles. The summed E-state index contributed by atoms with van der Waals surface area (Å²) in [4.78, 5) is 5.45. The van der Waals surface area contributed by atoms with Crippen molar-refractivity contribution in [2.24, 2.45) is 11.7 Å². The molecule has 0 radical (unpaired) electrons. The summed E-state index contributed by atoms with van der Waals surface area (Å²) in [6.07, 6.45) is 6.81. The number of nitrogens with two attached hydrogens (primary N) is 1. The minimum atomic E-state index is 0.330. The lowest BCUT2D eigenvalue weighted by atomic mass is 9.84. The molecule has 3 saturated heterocycles. The van der Waals surface area contributed by atoms with E-state index in [1.165, 1.54) is 58.3 Å². The highest BCUT2D eigenvalue weighted by molar-refractivity contribution is 5.10. The SMILES string of the molecule is CC1CCN(C2(CN)CCN3CCCC32)CC1. The fourth-order valence-electron chi connectivity index (χ4n) is 4.40. The fourth-order valence-corrected chi connectivity index (χ4v) is 4.40. The molecule has 2 atom stereocenters. The third-order valence-electron chi connectivity index (χ3n) is 5.58. The minimum absolute atomic E-state index is 0.330. The Morgan fingerprint density at radius 3 is 2.59 bits per heavy atom. The van der Waals surface area contributed by atoms with Gasteiger partial charge in [-0.1, -0.05) is 6.92 Å². The standard InChI is InChI=1S/C14H27N3/c1-12-4-8-17(9-5-12)14(11-15)6-10-16-7-2-3-13(14)16/h12-13H,2-11,15H2,1H3. The Balaban J connectivity index is 1.77. The van der Waals surface area contributed by atoms with Crippen molar-refractivity contribution in [1.29, 1.82) is 0 Å². The number of nitrogens with zero attached hydrogens (tertiary/aromatic N) is 2. The molecule has 17 heavy (non-hydrogen) atoms. The van der Waals surface area contributed by atoms with E-state index in [9.17, 15) is 0 Å². The van der Waals surface area contributed by atoms with E-state index in [0.717, 1.165) is 18.5 Å². The maximum atomic E-state index is 6.22. The molecule has 3 fully saturated rings. The first-order valence-corrected chi connectivity index (χ1v) is 7.45. The first-order valence-electron chi connectivity index (χ1n) is 7.45. The van der Waals surface area contributed by atoms with Gasteiger partial charge in [-0.05, 0) is 57.7 Å². The van der Waals surface area contributed by atoms with Crippen molar-refractivity contribution in [2.45, 2.75) is 50.6 Å². The van der Waals surface area contributed by atoms with E-state index in [4.69, 9.17) is 5.73 Å². The first-order chi connectivity index (χ1) is 8.26. The molecule has 3 heterocycles. The molecule has 0 aromatic rings. The van der Waals surface area contributed by atoms with Crippen LogP contribution in [0.5, 0.6) is 0 Å². The largest absolute Gasteiger partial charge is 0.329 e. The van der Waals surface area contributed by atoms with Crippen LogP contribution >= 0.6 is 0 Å². The Hall–Kier alpha value is -0.120. The molecule has 2 N–H and O–H groups in total. The van der Waals surface area contributed by atoms with Crippen molar-refractivity contribution in [3.63, 3.8) is 0 Å². The summed E-state index contributed by atoms with van der Waals surface area (Å²) in [7, 11) is 0. The van der Waals surface area contributed by atoms with E-state index in [2.05, 4.69) is 16.7 Å². The maximum absolute atomic E-state index is 6.22. The Morgan fingerprint density at radius 1 is 1.12 bits per heavy atom. The molecule has 3 heteroatoms. The van der Waals surface area contributed by atoms with Crippen LogP contribution in [0.15, 0.2) is 0 Å². The molecule has 3 nitrogen and oxygen atoms in total. The van der Waals surface area contributed by atoms with Crippen molar-refractivity contribution in [2.75, 3.05) is 32.7 Å². The zero-order valence-corrected chi connectivity index (χ0v) is 11.2. The summed E-state index contributed by atoms with van der Waals surface area (Å²) in [5.74, 6) is 0.919. The van der Waals surface area contributed by atoms with E-state index in [-0.39, 0.29) is 0 Å². The third-order valence-corrected chi connectivity index (χ3v) is 5.58. The van der Waals surface area contributed by atoms with Gasteiger partial charge in [0.1, 0.15) is 0 Å². The van der Waals surface area contributed by atoms with Crippen LogP contribution < -0.4 is 5.73 Å². The normalized spacial score (nSPS) is 40.9. The van der Waals surface area contributed by atoms with Crippen LogP contribution in [0.25, 0.3) is 0 Å². The van der Waals surface area contributed by atoms with Crippen molar-refractivity contribution >= 4 is 0 Å². The summed E-state index contributed by atoms with van der Waals surface area (Å²) < 4.78 is 0. The van der Waals surface area contributed by atoms with E-state index in [1.54, 1.807) is 0 Å². The second kappa shape index (κ2) is 4.52. The first kappa shape index (κ1) is 11.9. The second-order valence-corrected chi connectivity index (χ2v) is 6.42. The van der Waals surface area contributed by atoms with Crippen LogP contribution in [0.4, 0.5) is 0 Å². The number of likely N-dealkylation sites (tertiary alicyclic amines) is 1.